The number of rotatable bonds is 1. The zero-order valence-electron chi connectivity index (χ0n) is 8.41. The van der Waals surface area contributed by atoms with Crippen LogP contribution in [0.2, 0.25) is 0 Å². The molecule has 1 aliphatic rings. The number of aromatic nitrogens is 1. The molecule has 0 radical (unpaired) electrons. The lowest BCUT2D eigenvalue weighted by molar-refractivity contribution is 0.446. The van der Waals surface area contributed by atoms with Gasteiger partial charge in [-0.1, -0.05) is 6.92 Å². The smallest absolute Gasteiger partial charge is 0.0697 e. The van der Waals surface area contributed by atoms with Gasteiger partial charge in [-0.15, -0.1) is 0 Å². The molecule has 1 aromatic heterocycles. The van der Waals surface area contributed by atoms with Gasteiger partial charge in [0.05, 0.1) is 11.9 Å². The average molecular weight is 255 g/mol. The Labute approximate surface area is 93.5 Å². The summed E-state index contributed by atoms with van der Waals surface area (Å²) < 4.78 is 1.15. The Morgan fingerprint density at radius 2 is 2.43 bits per heavy atom. The van der Waals surface area contributed by atoms with Gasteiger partial charge in [0.2, 0.25) is 0 Å². The van der Waals surface area contributed by atoms with E-state index in [4.69, 9.17) is 0 Å². The van der Waals surface area contributed by atoms with Crippen molar-refractivity contribution >= 4 is 21.6 Å². The Morgan fingerprint density at radius 3 is 3.14 bits per heavy atom. The first kappa shape index (κ1) is 9.97. The lowest BCUT2D eigenvalue weighted by atomic mass is 10.00. The zero-order valence-corrected chi connectivity index (χ0v) is 10.00. The van der Waals surface area contributed by atoms with Crippen molar-refractivity contribution in [2.24, 2.45) is 5.92 Å². The molecule has 0 aliphatic carbocycles. The van der Waals surface area contributed by atoms with Gasteiger partial charge in [-0.2, -0.15) is 0 Å². The first-order valence-electron chi connectivity index (χ1n) is 5.12. The summed E-state index contributed by atoms with van der Waals surface area (Å²) in [7, 11) is 0. The number of anilines is 1. The van der Waals surface area contributed by atoms with Crippen LogP contribution in [0.5, 0.6) is 0 Å². The molecule has 0 amide bonds. The second-order valence-electron chi connectivity index (χ2n) is 4.02. The van der Waals surface area contributed by atoms with Crippen LogP contribution in [0.3, 0.4) is 0 Å². The third-order valence-electron chi connectivity index (χ3n) is 2.75. The molecule has 1 aliphatic heterocycles. The molecule has 76 valence electrons. The highest BCUT2D eigenvalue weighted by atomic mass is 79.9. The summed E-state index contributed by atoms with van der Waals surface area (Å²) in [4.78, 5) is 6.60. The van der Waals surface area contributed by atoms with E-state index < -0.39 is 0 Å². The molecule has 2 rings (SSSR count). The average Bonchev–Trinajstić information content (AvgIpc) is 2.18. The maximum Gasteiger partial charge on any atom is 0.0697 e. The van der Waals surface area contributed by atoms with Crippen LogP contribution in [0, 0.1) is 5.92 Å². The fourth-order valence-electron chi connectivity index (χ4n) is 2.01. The van der Waals surface area contributed by atoms with Gasteiger partial charge in [0.1, 0.15) is 0 Å². The summed E-state index contributed by atoms with van der Waals surface area (Å²) in [5, 5.41) is 0. The minimum absolute atomic E-state index is 0.802. The molecule has 1 fully saturated rings. The van der Waals surface area contributed by atoms with Crippen LogP contribution in [0.1, 0.15) is 19.8 Å². The van der Waals surface area contributed by atoms with Crippen molar-refractivity contribution in [1.82, 2.24) is 4.98 Å². The quantitative estimate of drug-likeness (QED) is 0.766. The van der Waals surface area contributed by atoms with Crippen molar-refractivity contribution in [3.63, 3.8) is 0 Å². The van der Waals surface area contributed by atoms with E-state index >= 15 is 0 Å². The molecular weight excluding hydrogens is 240 g/mol. The number of pyridine rings is 1. The maximum atomic E-state index is 4.17. The van der Waals surface area contributed by atoms with Crippen molar-refractivity contribution in [3.8, 4) is 0 Å². The van der Waals surface area contributed by atoms with E-state index in [1.54, 1.807) is 0 Å². The van der Waals surface area contributed by atoms with Gasteiger partial charge in [0, 0.05) is 23.8 Å². The van der Waals surface area contributed by atoms with Gasteiger partial charge >= 0.3 is 0 Å². The highest BCUT2D eigenvalue weighted by Gasteiger charge is 2.18. The van der Waals surface area contributed by atoms with Crippen molar-refractivity contribution in [1.29, 1.82) is 0 Å². The van der Waals surface area contributed by atoms with E-state index in [1.165, 1.54) is 18.5 Å². The number of hydrogen-bond donors (Lipinski definition) is 0. The van der Waals surface area contributed by atoms with Gasteiger partial charge in [-0.3, -0.25) is 4.98 Å². The topological polar surface area (TPSA) is 16.1 Å². The normalized spacial score (nSPS) is 22.4. The Kier molecular flexibility index (Phi) is 3.06. The summed E-state index contributed by atoms with van der Waals surface area (Å²) in [5.41, 5.74) is 1.24. The molecule has 0 saturated carbocycles. The van der Waals surface area contributed by atoms with E-state index in [9.17, 15) is 0 Å². The van der Waals surface area contributed by atoms with Crippen molar-refractivity contribution in [2.45, 2.75) is 19.8 Å². The molecule has 2 heterocycles. The Bertz CT molecular complexity index is 314. The van der Waals surface area contributed by atoms with Crippen LogP contribution >= 0.6 is 15.9 Å². The summed E-state index contributed by atoms with van der Waals surface area (Å²) in [6.07, 6.45) is 6.42. The van der Waals surface area contributed by atoms with Crippen LogP contribution in [0.15, 0.2) is 22.9 Å². The van der Waals surface area contributed by atoms with Gasteiger partial charge in [0.15, 0.2) is 0 Å². The second kappa shape index (κ2) is 4.30. The Hall–Kier alpha value is -0.570. The molecule has 1 aromatic rings. The predicted octanol–water partition coefficient (Wildman–Crippen LogP) is 3.08. The van der Waals surface area contributed by atoms with Gasteiger partial charge in [-0.25, -0.2) is 0 Å². The minimum Gasteiger partial charge on any atom is -0.369 e. The van der Waals surface area contributed by atoms with Crippen LogP contribution in [0.4, 0.5) is 5.69 Å². The third kappa shape index (κ3) is 2.08. The summed E-state index contributed by atoms with van der Waals surface area (Å²) in [5.74, 6) is 0.802. The second-order valence-corrected chi connectivity index (χ2v) is 4.87. The lowest BCUT2D eigenvalue weighted by Gasteiger charge is -2.33. The minimum atomic E-state index is 0.802. The van der Waals surface area contributed by atoms with Crippen molar-refractivity contribution < 1.29 is 0 Å². The SMILES string of the molecule is CC1CCCN(c2cnccc2Br)C1. The van der Waals surface area contributed by atoms with E-state index in [0.29, 0.717) is 0 Å². The molecule has 1 atom stereocenters. The van der Waals surface area contributed by atoms with Crippen LogP contribution in [0.25, 0.3) is 0 Å². The standard InChI is InChI=1S/C11H15BrN2/c1-9-3-2-6-14(8-9)11-7-13-5-4-10(11)12/h4-5,7,9H,2-3,6,8H2,1H3. The van der Waals surface area contributed by atoms with Crippen LogP contribution < -0.4 is 4.90 Å². The molecule has 0 N–H and O–H groups in total. The fourth-order valence-corrected chi connectivity index (χ4v) is 2.48. The molecule has 3 heteroatoms. The molecule has 14 heavy (non-hydrogen) atoms. The lowest BCUT2D eigenvalue weighted by Crippen LogP contribution is -2.34. The van der Waals surface area contributed by atoms with Crippen LogP contribution in [-0.4, -0.2) is 18.1 Å². The summed E-state index contributed by atoms with van der Waals surface area (Å²) in [6.45, 7) is 4.63. The van der Waals surface area contributed by atoms with Gasteiger partial charge < -0.3 is 4.90 Å². The number of hydrogen-bond acceptors (Lipinski definition) is 2. The predicted molar refractivity (Wildman–Crippen MR) is 62.5 cm³/mol. The summed E-state index contributed by atoms with van der Waals surface area (Å²) in [6, 6.07) is 2.01. The van der Waals surface area contributed by atoms with E-state index in [0.717, 1.165) is 23.5 Å². The number of halogens is 1. The Morgan fingerprint density at radius 1 is 1.57 bits per heavy atom. The molecule has 1 unspecified atom stereocenters. The number of nitrogens with zero attached hydrogens (tertiary/aromatic N) is 2. The monoisotopic (exact) mass is 254 g/mol. The number of piperidine rings is 1. The molecule has 0 spiro atoms. The molecule has 0 aromatic carbocycles. The molecule has 1 saturated heterocycles. The largest absolute Gasteiger partial charge is 0.369 e. The maximum absolute atomic E-state index is 4.17. The Balaban J connectivity index is 2.18. The van der Waals surface area contributed by atoms with E-state index in [1.807, 2.05) is 18.5 Å². The van der Waals surface area contributed by atoms with E-state index in [2.05, 4.69) is 32.7 Å². The molecule has 0 bridgehead atoms. The molecular formula is C11H15BrN2. The molecule has 2 nitrogen and oxygen atoms in total. The highest BCUT2D eigenvalue weighted by molar-refractivity contribution is 9.10. The first-order chi connectivity index (χ1) is 6.77. The van der Waals surface area contributed by atoms with Crippen LogP contribution in [-0.2, 0) is 0 Å². The summed E-state index contributed by atoms with van der Waals surface area (Å²) >= 11 is 3.57. The van der Waals surface area contributed by atoms with Crippen molar-refractivity contribution in [2.75, 3.05) is 18.0 Å². The van der Waals surface area contributed by atoms with E-state index in [-0.39, 0.29) is 0 Å². The zero-order chi connectivity index (χ0) is 9.97. The first-order valence-corrected chi connectivity index (χ1v) is 5.91. The third-order valence-corrected chi connectivity index (χ3v) is 3.42. The van der Waals surface area contributed by atoms with Gasteiger partial charge in [-0.05, 0) is 40.8 Å². The highest BCUT2D eigenvalue weighted by Crippen LogP contribution is 2.28. The fraction of sp³-hybridized carbons (Fsp3) is 0.545. The van der Waals surface area contributed by atoms with Crippen molar-refractivity contribution in [3.05, 3.63) is 22.9 Å². The van der Waals surface area contributed by atoms with Gasteiger partial charge in [0.25, 0.3) is 0 Å².